The van der Waals surface area contributed by atoms with E-state index in [-0.39, 0.29) is 23.5 Å². The van der Waals surface area contributed by atoms with Gasteiger partial charge in [0.25, 0.3) is 5.91 Å². The van der Waals surface area contributed by atoms with Gasteiger partial charge in [-0.1, -0.05) is 30.3 Å². The van der Waals surface area contributed by atoms with Gasteiger partial charge in [-0.3, -0.25) is 9.48 Å². The van der Waals surface area contributed by atoms with Gasteiger partial charge in [0.2, 0.25) is 0 Å². The Bertz CT molecular complexity index is 1210. The average Bonchev–Trinajstić information content (AvgIpc) is 3.14. The molecule has 1 N–H and O–H groups in total. The first-order chi connectivity index (χ1) is 14.5. The van der Waals surface area contributed by atoms with Crippen LogP contribution in [-0.2, 0) is 13.6 Å². The summed E-state index contributed by atoms with van der Waals surface area (Å²) in [6.45, 7) is 0.187. The van der Waals surface area contributed by atoms with Gasteiger partial charge in [-0.2, -0.15) is 5.10 Å². The molecule has 0 aliphatic carbocycles. The molecule has 0 unspecified atom stereocenters. The van der Waals surface area contributed by atoms with Gasteiger partial charge >= 0.3 is 0 Å². The number of benzene rings is 2. The lowest BCUT2D eigenvalue weighted by molar-refractivity contribution is 0.0941. The molecule has 0 aliphatic heterocycles. The molecule has 30 heavy (non-hydrogen) atoms. The molecule has 4 aromatic rings. The number of nitrogens with one attached hydrogen (secondary N) is 1. The largest absolute Gasteiger partial charge is 0.345 e. The van der Waals surface area contributed by atoms with Gasteiger partial charge in [-0.05, 0) is 24.3 Å². The van der Waals surface area contributed by atoms with Crippen LogP contribution in [0.15, 0.2) is 67.0 Å². The van der Waals surface area contributed by atoms with Crippen LogP contribution in [0.1, 0.15) is 16.2 Å². The van der Waals surface area contributed by atoms with Crippen LogP contribution in [0, 0.1) is 11.6 Å². The van der Waals surface area contributed by atoms with E-state index < -0.39 is 17.5 Å². The van der Waals surface area contributed by atoms with Crippen molar-refractivity contribution in [3.05, 3.63) is 90.0 Å². The Morgan fingerprint density at radius 1 is 1.00 bits per heavy atom. The number of hydrogen-bond acceptors (Lipinski definition) is 4. The van der Waals surface area contributed by atoms with Gasteiger partial charge in [-0.15, -0.1) is 0 Å². The van der Waals surface area contributed by atoms with Crippen molar-refractivity contribution >= 4 is 5.91 Å². The second-order valence-corrected chi connectivity index (χ2v) is 6.61. The van der Waals surface area contributed by atoms with Gasteiger partial charge in [0.05, 0.1) is 23.6 Å². The topological polar surface area (TPSA) is 72.7 Å². The molecule has 150 valence electrons. The first-order valence-corrected chi connectivity index (χ1v) is 9.15. The lowest BCUT2D eigenvalue weighted by atomic mass is 10.1. The second kappa shape index (κ2) is 8.20. The van der Waals surface area contributed by atoms with E-state index in [1.165, 1.54) is 23.1 Å². The van der Waals surface area contributed by atoms with Gasteiger partial charge in [0, 0.05) is 24.2 Å². The molecule has 0 saturated heterocycles. The Morgan fingerprint density at radius 3 is 2.57 bits per heavy atom. The molecule has 2 aromatic heterocycles. The van der Waals surface area contributed by atoms with E-state index in [1.54, 1.807) is 13.1 Å². The van der Waals surface area contributed by atoms with Crippen molar-refractivity contribution in [1.82, 2.24) is 25.1 Å². The lowest BCUT2D eigenvalue weighted by Gasteiger charge is -2.06. The molecule has 0 bridgehead atoms. The monoisotopic (exact) mass is 405 g/mol. The Kier molecular flexibility index (Phi) is 5.30. The quantitative estimate of drug-likeness (QED) is 0.549. The summed E-state index contributed by atoms with van der Waals surface area (Å²) in [5, 5.41) is 6.95. The highest BCUT2D eigenvalue weighted by Crippen LogP contribution is 2.23. The van der Waals surface area contributed by atoms with Crippen molar-refractivity contribution in [2.24, 2.45) is 7.05 Å². The maximum Gasteiger partial charge on any atom is 0.269 e. The van der Waals surface area contributed by atoms with Gasteiger partial charge in [-0.25, -0.2) is 18.7 Å². The van der Waals surface area contributed by atoms with Crippen LogP contribution in [0.4, 0.5) is 8.78 Å². The lowest BCUT2D eigenvalue weighted by Crippen LogP contribution is -2.25. The zero-order chi connectivity index (χ0) is 21.1. The zero-order valence-corrected chi connectivity index (χ0v) is 16.0. The first-order valence-electron chi connectivity index (χ1n) is 9.15. The fraction of sp³-hybridized carbons (Fsp3) is 0.0909. The summed E-state index contributed by atoms with van der Waals surface area (Å²) in [6, 6.07) is 16.1. The van der Waals surface area contributed by atoms with Crippen molar-refractivity contribution in [2.75, 3.05) is 0 Å². The minimum atomic E-state index is -0.741. The third-order valence-electron chi connectivity index (χ3n) is 4.54. The standard InChI is InChI=1S/C22H17F2N5O/c1-29-21(11-20(28-29)17-8-7-15(23)9-18(17)24)22(30)25-12-16-10-19(27-13-26-16)14-5-3-2-4-6-14/h2-11,13H,12H2,1H3,(H,25,30). The predicted molar refractivity (Wildman–Crippen MR) is 107 cm³/mol. The van der Waals surface area contributed by atoms with Crippen LogP contribution >= 0.6 is 0 Å². The molecule has 0 fully saturated rings. The fourth-order valence-corrected chi connectivity index (χ4v) is 3.03. The van der Waals surface area contributed by atoms with Crippen LogP contribution in [0.3, 0.4) is 0 Å². The van der Waals surface area contributed by atoms with Gasteiger partial charge in [0.15, 0.2) is 0 Å². The number of carbonyl (C=O) groups excluding carboxylic acids is 1. The third-order valence-corrected chi connectivity index (χ3v) is 4.54. The Morgan fingerprint density at radius 2 is 1.80 bits per heavy atom. The Hall–Kier alpha value is -3.94. The normalized spacial score (nSPS) is 10.8. The minimum absolute atomic E-state index is 0.120. The third kappa shape index (κ3) is 4.07. The van der Waals surface area contributed by atoms with Gasteiger partial charge < -0.3 is 5.32 Å². The van der Waals surface area contributed by atoms with Gasteiger partial charge in [0.1, 0.15) is 23.7 Å². The highest BCUT2D eigenvalue weighted by atomic mass is 19.1. The molecule has 2 aromatic carbocycles. The number of aromatic nitrogens is 4. The number of hydrogen-bond donors (Lipinski definition) is 1. The Labute approximate surface area is 171 Å². The molecule has 4 rings (SSSR count). The number of aryl methyl sites for hydroxylation is 1. The number of rotatable bonds is 5. The fourth-order valence-electron chi connectivity index (χ4n) is 3.03. The van der Waals surface area contributed by atoms with Crippen molar-refractivity contribution in [1.29, 1.82) is 0 Å². The van der Waals surface area contributed by atoms with Crippen LogP contribution in [-0.4, -0.2) is 25.7 Å². The van der Waals surface area contributed by atoms with E-state index in [0.29, 0.717) is 5.69 Å². The maximum atomic E-state index is 14.0. The zero-order valence-electron chi connectivity index (χ0n) is 16.0. The molecule has 6 nitrogen and oxygen atoms in total. The summed E-state index contributed by atoms with van der Waals surface area (Å²) in [5.74, 6) is -1.81. The van der Waals surface area contributed by atoms with Crippen molar-refractivity contribution in [3.8, 4) is 22.5 Å². The molecule has 0 aliphatic rings. The molecule has 1 amide bonds. The predicted octanol–water partition coefficient (Wildman–Crippen LogP) is 3.75. The van der Waals surface area contributed by atoms with Crippen molar-refractivity contribution < 1.29 is 13.6 Å². The molecule has 0 atom stereocenters. The summed E-state index contributed by atoms with van der Waals surface area (Å²) < 4.78 is 28.5. The summed E-state index contributed by atoms with van der Waals surface area (Å²) in [6.07, 6.45) is 1.45. The highest BCUT2D eigenvalue weighted by molar-refractivity contribution is 5.93. The average molecular weight is 405 g/mol. The molecule has 0 radical (unpaired) electrons. The van der Waals surface area contributed by atoms with Crippen molar-refractivity contribution in [3.63, 3.8) is 0 Å². The van der Waals surface area contributed by atoms with Crippen molar-refractivity contribution in [2.45, 2.75) is 6.54 Å². The molecular formula is C22H17F2N5O. The number of halogens is 2. The van der Waals surface area contributed by atoms with E-state index in [4.69, 9.17) is 0 Å². The summed E-state index contributed by atoms with van der Waals surface area (Å²) in [7, 11) is 1.58. The van der Waals surface area contributed by atoms with Crippen LogP contribution in [0.5, 0.6) is 0 Å². The van der Waals surface area contributed by atoms with E-state index >= 15 is 0 Å². The first kappa shape index (κ1) is 19.4. The smallest absolute Gasteiger partial charge is 0.269 e. The molecule has 8 heteroatoms. The van der Waals surface area contributed by atoms with Crippen LogP contribution in [0.25, 0.3) is 22.5 Å². The summed E-state index contributed by atoms with van der Waals surface area (Å²) in [5.41, 5.74) is 2.95. The highest BCUT2D eigenvalue weighted by Gasteiger charge is 2.17. The minimum Gasteiger partial charge on any atom is -0.345 e. The number of amides is 1. The van der Waals surface area contributed by atoms with Crippen LogP contribution in [0.2, 0.25) is 0 Å². The van der Waals surface area contributed by atoms with E-state index in [1.807, 2.05) is 30.3 Å². The molecule has 0 spiro atoms. The maximum absolute atomic E-state index is 14.0. The molecule has 0 saturated carbocycles. The van der Waals surface area contributed by atoms with E-state index in [9.17, 15) is 13.6 Å². The molecular weight excluding hydrogens is 388 g/mol. The SMILES string of the molecule is Cn1nc(-c2ccc(F)cc2F)cc1C(=O)NCc1cc(-c2ccccc2)ncn1. The van der Waals surface area contributed by atoms with E-state index in [2.05, 4.69) is 20.4 Å². The summed E-state index contributed by atoms with van der Waals surface area (Å²) in [4.78, 5) is 21.1. The molecule has 2 heterocycles. The van der Waals surface area contributed by atoms with E-state index in [0.717, 1.165) is 23.4 Å². The van der Waals surface area contributed by atoms with Crippen LogP contribution < -0.4 is 5.32 Å². The Balaban J connectivity index is 1.49. The summed E-state index contributed by atoms with van der Waals surface area (Å²) >= 11 is 0. The second-order valence-electron chi connectivity index (χ2n) is 6.61. The number of carbonyl (C=O) groups is 1. The number of nitrogens with zero attached hydrogens (tertiary/aromatic N) is 4.